The summed E-state index contributed by atoms with van der Waals surface area (Å²) in [6, 6.07) is 0. The highest BCUT2D eigenvalue weighted by Crippen LogP contribution is 2.19. The van der Waals surface area contributed by atoms with E-state index in [1.54, 1.807) is 6.20 Å². The monoisotopic (exact) mass is 361 g/mol. The SMILES string of the molecule is CCCSc1ncc(Br)c(C(=O)NCCC(=O)OC)n1. The van der Waals surface area contributed by atoms with Crippen LogP contribution in [0.3, 0.4) is 0 Å². The first-order chi connectivity index (χ1) is 9.58. The number of halogens is 1. The Morgan fingerprint density at radius 3 is 2.90 bits per heavy atom. The van der Waals surface area contributed by atoms with Gasteiger partial charge in [-0.05, 0) is 22.4 Å². The van der Waals surface area contributed by atoms with Crippen molar-refractivity contribution < 1.29 is 14.3 Å². The number of amides is 1. The first-order valence-corrected chi connectivity index (χ1v) is 7.86. The highest BCUT2D eigenvalue weighted by atomic mass is 79.9. The number of nitrogens with zero attached hydrogens (tertiary/aromatic N) is 2. The van der Waals surface area contributed by atoms with Crippen molar-refractivity contribution in [2.45, 2.75) is 24.9 Å². The number of hydrogen-bond donors (Lipinski definition) is 1. The zero-order valence-electron chi connectivity index (χ0n) is 11.3. The normalized spacial score (nSPS) is 10.2. The summed E-state index contributed by atoms with van der Waals surface area (Å²) in [6.45, 7) is 2.27. The van der Waals surface area contributed by atoms with E-state index in [1.165, 1.54) is 18.9 Å². The van der Waals surface area contributed by atoms with Gasteiger partial charge in [0.2, 0.25) is 0 Å². The molecule has 1 rings (SSSR count). The van der Waals surface area contributed by atoms with Crippen LogP contribution in [-0.2, 0) is 9.53 Å². The molecule has 0 unspecified atom stereocenters. The van der Waals surface area contributed by atoms with Gasteiger partial charge in [-0.3, -0.25) is 9.59 Å². The molecule has 0 fully saturated rings. The second-order valence-electron chi connectivity index (χ2n) is 3.78. The van der Waals surface area contributed by atoms with Gasteiger partial charge in [0.15, 0.2) is 5.16 Å². The van der Waals surface area contributed by atoms with E-state index in [4.69, 9.17) is 0 Å². The topological polar surface area (TPSA) is 81.2 Å². The summed E-state index contributed by atoms with van der Waals surface area (Å²) in [7, 11) is 1.31. The third-order valence-corrected chi connectivity index (χ3v) is 3.86. The Bertz CT molecular complexity index is 485. The van der Waals surface area contributed by atoms with Crippen molar-refractivity contribution in [3.63, 3.8) is 0 Å². The zero-order chi connectivity index (χ0) is 15.0. The lowest BCUT2D eigenvalue weighted by Gasteiger charge is -2.06. The van der Waals surface area contributed by atoms with Crippen LogP contribution in [0.5, 0.6) is 0 Å². The first kappa shape index (κ1) is 16.9. The van der Waals surface area contributed by atoms with Crippen molar-refractivity contribution >= 4 is 39.6 Å². The summed E-state index contributed by atoms with van der Waals surface area (Å²) >= 11 is 4.74. The van der Waals surface area contributed by atoms with Crippen molar-refractivity contribution in [2.75, 3.05) is 19.4 Å². The second kappa shape index (κ2) is 8.91. The minimum atomic E-state index is -0.369. The maximum absolute atomic E-state index is 12.0. The van der Waals surface area contributed by atoms with E-state index in [9.17, 15) is 9.59 Å². The van der Waals surface area contributed by atoms with Gasteiger partial charge in [-0.2, -0.15) is 0 Å². The van der Waals surface area contributed by atoms with E-state index in [2.05, 4.69) is 42.9 Å². The molecule has 1 N–H and O–H groups in total. The fourth-order valence-electron chi connectivity index (χ4n) is 1.24. The molecule has 1 heterocycles. The lowest BCUT2D eigenvalue weighted by Crippen LogP contribution is -2.27. The first-order valence-electron chi connectivity index (χ1n) is 6.08. The molecular weight excluding hydrogens is 346 g/mol. The van der Waals surface area contributed by atoms with Crippen LogP contribution < -0.4 is 5.32 Å². The molecule has 0 radical (unpaired) electrons. The van der Waals surface area contributed by atoms with E-state index >= 15 is 0 Å². The van der Waals surface area contributed by atoms with Crippen LogP contribution in [0.4, 0.5) is 0 Å². The molecule has 0 bridgehead atoms. The molecule has 0 aliphatic heterocycles. The summed E-state index contributed by atoms with van der Waals surface area (Å²) < 4.78 is 5.02. The minimum absolute atomic E-state index is 0.127. The van der Waals surface area contributed by atoms with Gasteiger partial charge in [-0.15, -0.1) is 0 Å². The van der Waals surface area contributed by atoms with E-state index < -0.39 is 0 Å². The molecule has 110 valence electrons. The smallest absolute Gasteiger partial charge is 0.307 e. The Balaban J connectivity index is 2.64. The summed E-state index contributed by atoms with van der Waals surface area (Å²) in [5.41, 5.74) is 0.267. The van der Waals surface area contributed by atoms with Crippen LogP contribution in [0.15, 0.2) is 15.8 Å². The van der Waals surface area contributed by atoms with Gasteiger partial charge in [-0.1, -0.05) is 18.7 Å². The van der Waals surface area contributed by atoms with Crippen molar-refractivity contribution in [2.24, 2.45) is 0 Å². The predicted molar refractivity (Wildman–Crippen MR) is 79.7 cm³/mol. The third kappa shape index (κ3) is 5.46. The maximum Gasteiger partial charge on any atom is 0.307 e. The van der Waals surface area contributed by atoms with Gasteiger partial charge in [0.25, 0.3) is 5.91 Å². The molecule has 0 aliphatic rings. The Morgan fingerprint density at radius 1 is 1.50 bits per heavy atom. The van der Waals surface area contributed by atoms with Gasteiger partial charge >= 0.3 is 5.97 Å². The van der Waals surface area contributed by atoms with Crippen LogP contribution in [0.25, 0.3) is 0 Å². The molecule has 8 heteroatoms. The van der Waals surface area contributed by atoms with Gasteiger partial charge in [0, 0.05) is 18.5 Å². The quantitative estimate of drug-likeness (QED) is 0.454. The van der Waals surface area contributed by atoms with E-state index in [1.807, 2.05) is 0 Å². The van der Waals surface area contributed by atoms with E-state index in [0.29, 0.717) is 9.63 Å². The number of carbonyl (C=O) groups excluding carboxylic acids is 2. The van der Waals surface area contributed by atoms with E-state index in [-0.39, 0.29) is 30.5 Å². The lowest BCUT2D eigenvalue weighted by atomic mass is 10.3. The van der Waals surface area contributed by atoms with Crippen molar-refractivity contribution in [3.8, 4) is 0 Å². The molecule has 0 spiro atoms. The van der Waals surface area contributed by atoms with Gasteiger partial charge in [0.1, 0.15) is 5.69 Å². The fraction of sp³-hybridized carbons (Fsp3) is 0.500. The predicted octanol–water partition coefficient (Wildman–Crippen LogP) is 2.03. The highest BCUT2D eigenvalue weighted by Gasteiger charge is 2.14. The van der Waals surface area contributed by atoms with Gasteiger partial charge < -0.3 is 10.1 Å². The molecule has 20 heavy (non-hydrogen) atoms. The van der Waals surface area contributed by atoms with Crippen molar-refractivity contribution in [3.05, 3.63) is 16.4 Å². The molecule has 0 aliphatic carbocycles. The maximum atomic E-state index is 12.0. The number of rotatable bonds is 7. The van der Waals surface area contributed by atoms with Crippen LogP contribution in [0, 0.1) is 0 Å². The van der Waals surface area contributed by atoms with Crippen LogP contribution >= 0.6 is 27.7 Å². The second-order valence-corrected chi connectivity index (χ2v) is 5.70. The molecule has 0 saturated carbocycles. The largest absolute Gasteiger partial charge is 0.469 e. The number of methoxy groups -OCH3 is 1. The molecular formula is C12H16BrN3O3S. The molecule has 0 atom stereocenters. The Kier molecular flexibility index (Phi) is 7.53. The fourth-order valence-corrected chi connectivity index (χ4v) is 2.28. The number of nitrogens with one attached hydrogen (secondary N) is 1. The van der Waals surface area contributed by atoms with Crippen LogP contribution in [-0.4, -0.2) is 41.3 Å². The average Bonchev–Trinajstić information content (AvgIpc) is 2.45. The number of esters is 1. The number of ether oxygens (including phenoxy) is 1. The summed E-state index contributed by atoms with van der Waals surface area (Å²) in [5.74, 6) is 0.179. The van der Waals surface area contributed by atoms with Gasteiger partial charge in [-0.25, -0.2) is 9.97 Å². The minimum Gasteiger partial charge on any atom is -0.469 e. The molecule has 0 aromatic carbocycles. The number of carbonyl (C=O) groups is 2. The Hall–Kier alpha value is -1.15. The zero-order valence-corrected chi connectivity index (χ0v) is 13.7. The highest BCUT2D eigenvalue weighted by molar-refractivity contribution is 9.10. The average molecular weight is 362 g/mol. The van der Waals surface area contributed by atoms with Crippen LogP contribution in [0.1, 0.15) is 30.3 Å². The lowest BCUT2D eigenvalue weighted by molar-refractivity contribution is -0.140. The van der Waals surface area contributed by atoms with Gasteiger partial charge in [0.05, 0.1) is 18.0 Å². The molecule has 1 amide bonds. The van der Waals surface area contributed by atoms with Crippen LogP contribution in [0.2, 0.25) is 0 Å². The molecule has 1 aromatic heterocycles. The standard InChI is InChI=1S/C12H16BrN3O3S/c1-3-6-20-12-15-7-8(13)10(16-12)11(18)14-5-4-9(17)19-2/h7H,3-6H2,1-2H3,(H,14,18). The number of hydrogen-bond acceptors (Lipinski definition) is 6. The molecule has 1 aromatic rings. The third-order valence-electron chi connectivity index (χ3n) is 2.21. The van der Waals surface area contributed by atoms with Crippen molar-refractivity contribution in [1.82, 2.24) is 15.3 Å². The summed E-state index contributed by atoms with van der Waals surface area (Å²) in [6.07, 6.45) is 2.69. The number of aromatic nitrogens is 2. The van der Waals surface area contributed by atoms with E-state index in [0.717, 1.165) is 12.2 Å². The summed E-state index contributed by atoms with van der Waals surface area (Å²) in [5, 5.41) is 3.18. The summed E-state index contributed by atoms with van der Waals surface area (Å²) in [4.78, 5) is 31.3. The number of thioether (sulfide) groups is 1. The van der Waals surface area contributed by atoms with Crippen molar-refractivity contribution in [1.29, 1.82) is 0 Å². The Morgan fingerprint density at radius 2 is 2.25 bits per heavy atom. The molecule has 0 saturated heterocycles. The Labute approximate surface area is 130 Å². The molecule has 6 nitrogen and oxygen atoms in total.